The number of anilines is 1. The zero-order chi connectivity index (χ0) is 24.9. The van der Waals surface area contributed by atoms with Gasteiger partial charge in [0.15, 0.2) is 5.16 Å². The summed E-state index contributed by atoms with van der Waals surface area (Å²) in [5.74, 6) is -2.00. The van der Waals surface area contributed by atoms with E-state index in [0.29, 0.717) is 22.7 Å². The molecular formula is C21H24N6O5S2. The van der Waals surface area contributed by atoms with Gasteiger partial charge in [-0.05, 0) is 42.8 Å². The van der Waals surface area contributed by atoms with E-state index in [0.717, 1.165) is 24.6 Å². The minimum atomic E-state index is -3.63. The van der Waals surface area contributed by atoms with Gasteiger partial charge in [0.2, 0.25) is 27.7 Å². The minimum Gasteiger partial charge on any atom is -0.366 e. The number of fused-ring (bicyclic) bond motifs is 1. The molecule has 0 aliphatic rings. The number of rotatable bonds is 11. The van der Waals surface area contributed by atoms with Gasteiger partial charge in [-0.1, -0.05) is 25.1 Å². The highest BCUT2D eigenvalue weighted by Gasteiger charge is 2.16. The number of aromatic nitrogens is 2. The van der Waals surface area contributed by atoms with E-state index < -0.39 is 27.7 Å². The molecule has 0 spiro atoms. The molecule has 1 heterocycles. The number of imidazole rings is 1. The SMILES string of the molecule is CCCCNS(=O)(=O)c1ccc2nc(SCC(=O)Nc3cc(C(N)=O)cc(C(N)=O)c3)[nH]c2c1. The van der Waals surface area contributed by atoms with E-state index in [-0.39, 0.29) is 27.5 Å². The van der Waals surface area contributed by atoms with Crippen LogP contribution in [0.5, 0.6) is 0 Å². The molecule has 13 heteroatoms. The number of amides is 3. The van der Waals surface area contributed by atoms with Crippen molar-refractivity contribution in [3.8, 4) is 0 Å². The van der Waals surface area contributed by atoms with E-state index in [4.69, 9.17) is 11.5 Å². The highest BCUT2D eigenvalue weighted by molar-refractivity contribution is 7.99. The average Bonchev–Trinajstić information content (AvgIpc) is 3.20. The Bertz CT molecular complexity index is 1320. The highest BCUT2D eigenvalue weighted by atomic mass is 32.2. The lowest BCUT2D eigenvalue weighted by atomic mass is 10.1. The molecule has 3 rings (SSSR count). The van der Waals surface area contributed by atoms with Crippen LogP contribution in [0.4, 0.5) is 5.69 Å². The quantitative estimate of drug-likeness (QED) is 0.193. The highest BCUT2D eigenvalue weighted by Crippen LogP contribution is 2.23. The molecule has 0 aliphatic heterocycles. The van der Waals surface area contributed by atoms with Crippen LogP contribution >= 0.6 is 11.8 Å². The molecule has 0 aliphatic carbocycles. The van der Waals surface area contributed by atoms with Crippen LogP contribution in [0.1, 0.15) is 40.5 Å². The van der Waals surface area contributed by atoms with Gasteiger partial charge in [-0.3, -0.25) is 14.4 Å². The number of benzene rings is 2. The standard InChI is InChI=1S/C21H24N6O5S2/c1-2-3-6-24-34(31,32)15-4-5-16-17(10-15)27-21(26-16)33-11-18(28)25-14-8-12(19(22)29)7-13(9-14)20(23)30/h4-5,7-10,24H,2-3,6,11H2,1H3,(H2,22,29)(H2,23,30)(H,25,28)(H,26,27). The monoisotopic (exact) mass is 504 g/mol. The summed E-state index contributed by atoms with van der Waals surface area (Å²) >= 11 is 1.10. The molecule has 180 valence electrons. The molecule has 3 amide bonds. The number of hydrogen-bond acceptors (Lipinski definition) is 7. The van der Waals surface area contributed by atoms with Crippen LogP contribution in [-0.4, -0.2) is 48.4 Å². The van der Waals surface area contributed by atoms with Gasteiger partial charge in [0.25, 0.3) is 0 Å². The Hall–Kier alpha value is -3.42. The Kier molecular flexibility index (Phi) is 7.91. The topological polar surface area (TPSA) is 190 Å². The first kappa shape index (κ1) is 25.2. The molecule has 11 nitrogen and oxygen atoms in total. The van der Waals surface area contributed by atoms with Crippen molar-refractivity contribution in [1.82, 2.24) is 14.7 Å². The molecule has 0 saturated carbocycles. The number of nitrogens with one attached hydrogen (secondary N) is 3. The fraction of sp³-hybridized carbons (Fsp3) is 0.238. The average molecular weight is 505 g/mol. The minimum absolute atomic E-state index is 0.0338. The summed E-state index contributed by atoms with van der Waals surface area (Å²) in [5, 5.41) is 3.00. The van der Waals surface area contributed by atoms with Gasteiger partial charge in [0.1, 0.15) is 0 Å². The second-order valence-electron chi connectivity index (χ2n) is 7.34. The summed E-state index contributed by atoms with van der Waals surface area (Å²) in [7, 11) is -3.63. The van der Waals surface area contributed by atoms with E-state index in [1.54, 1.807) is 6.07 Å². The number of primary amides is 2. The third kappa shape index (κ3) is 6.34. The number of H-pyrrole nitrogens is 1. The molecule has 0 radical (unpaired) electrons. The van der Waals surface area contributed by atoms with E-state index >= 15 is 0 Å². The molecule has 2 aromatic carbocycles. The molecule has 0 saturated heterocycles. The van der Waals surface area contributed by atoms with Crippen molar-refractivity contribution in [2.24, 2.45) is 11.5 Å². The van der Waals surface area contributed by atoms with E-state index in [9.17, 15) is 22.8 Å². The second kappa shape index (κ2) is 10.7. The first-order chi connectivity index (χ1) is 16.1. The maximum Gasteiger partial charge on any atom is 0.248 e. The van der Waals surface area contributed by atoms with Gasteiger partial charge in [-0.2, -0.15) is 0 Å². The Morgan fingerprint density at radius 1 is 1.06 bits per heavy atom. The number of carbonyl (C=O) groups excluding carboxylic acids is 3. The van der Waals surface area contributed by atoms with Crippen molar-refractivity contribution < 1.29 is 22.8 Å². The van der Waals surface area contributed by atoms with Gasteiger partial charge in [0.05, 0.1) is 21.7 Å². The number of hydrogen-bond donors (Lipinski definition) is 5. The summed E-state index contributed by atoms with van der Waals surface area (Å²) in [4.78, 5) is 42.8. The van der Waals surface area contributed by atoms with Gasteiger partial charge in [0, 0.05) is 23.4 Å². The number of unbranched alkanes of at least 4 members (excludes halogenated alkanes) is 1. The van der Waals surface area contributed by atoms with E-state index in [1.807, 2.05) is 6.92 Å². The zero-order valence-corrected chi connectivity index (χ0v) is 19.9. The van der Waals surface area contributed by atoms with Gasteiger partial charge in [-0.25, -0.2) is 18.1 Å². The summed E-state index contributed by atoms with van der Waals surface area (Å²) in [6, 6.07) is 8.48. The fourth-order valence-corrected chi connectivity index (χ4v) is 4.77. The maximum atomic E-state index is 12.4. The Morgan fingerprint density at radius 2 is 1.74 bits per heavy atom. The third-order valence-electron chi connectivity index (χ3n) is 4.69. The van der Waals surface area contributed by atoms with Crippen molar-refractivity contribution in [3.05, 3.63) is 47.5 Å². The van der Waals surface area contributed by atoms with E-state index in [1.165, 1.54) is 30.3 Å². The van der Waals surface area contributed by atoms with Crippen LogP contribution in [0, 0.1) is 0 Å². The van der Waals surface area contributed by atoms with Crippen LogP contribution in [0.2, 0.25) is 0 Å². The van der Waals surface area contributed by atoms with Crippen LogP contribution in [-0.2, 0) is 14.8 Å². The lowest BCUT2D eigenvalue weighted by Gasteiger charge is -2.08. The first-order valence-corrected chi connectivity index (χ1v) is 12.7. The predicted octanol–water partition coefficient (Wildman–Crippen LogP) is 1.57. The molecule has 0 unspecified atom stereocenters. The van der Waals surface area contributed by atoms with Crippen LogP contribution in [0.25, 0.3) is 11.0 Å². The van der Waals surface area contributed by atoms with Crippen LogP contribution < -0.4 is 21.5 Å². The first-order valence-electron chi connectivity index (χ1n) is 10.3. The molecule has 0 fully saturated rings. The van der Waals surface area contributed by atoms with Crippen LogP contribution in [0.3, 0.4) is 0 Å². The van der Waals surface area contributed by atoms with Crippen molar-refractivity contribution in [2.75, 3.05) is 17.6 Å². The number of carbonyl (C=O) groups is 3. The normalized spacial score (nSPS) is 11.4. The lowest BCUT2D eigenvalue weighted by Crippen LogP contribution is -2.24. The molecular weight excluding hydrogens is 480 g/mol. The van der Waals surface area contributed by atoms with Crippen LogP contribution in [0.15, 0.2) is 46.5 Å². The number of aromatic amines is 1. The van der Waals surface area contributed by atoms with Gasteiger partial charge >= 0.3 is 0 Å². The van der Waals surface area contributed by atoms with Crippen molar-refractivity contribution in [1.29, 1.82) is 0 Å². The maximum absolute atomic E-state index is 12.4. The van der Waals surface area contributed by atoms with Crippen molar-refractivity contribution in [3.63, 3.8) is 0 Å². The van der Waals surface area contributed by atoms with E-state index in [2.05, 4.69) is 20.0 Å². The van der Waals surface area contributed by atoms with Crippen molar-refractivity contribution in [2.45, 2.75) is 29.8 Å². The Balaban J connectivity index is 1.68. The van der Waals surface area contributed by atoms with Gasteiger partial charge < -0.3 is 21.8 Å². The zero-order valence-electron chi connectivity index (χ0n) is 18.3. The molecule has 1 aromatic heterocycles. The number of nitrogens with zero attached hydrogens (tertiary/aromatic N) is 1. The molecule has 0 bridgehead atoms. The molecule has 7 N–H and O–H groups in total. The summed E-state index contributed by atoms with van der Waals surface area (Å²) in [6.07, 6.45) is 1.62. The molecule has 3 aromatic rings. The number of sulfonamides is 1. The summed E-state index contributed by atoms with van der Waals surface area (Å²) in [5.41, 5.74) is 11.9. The summed E-state index contributed by atoms with van der Waals surface area (Å²) < 4.78 is 27.4. The largest absolute Gasteiger partial charge is 0.366 e. The third-order valence-corrected chi connectivity index (χ3v) is 7.02. The lowest BCUT2D eigenvalue weighted by molar-refractivity contribution is -0.113. The Morgan fingerprint density at radius 3 is 2.35 bits per heavy atom. The Labute approximate surface area is 200 Å². The molecule has 0 atom stereocenters. The number of thioether (sulfide) groups is 1. The molecule has 34 heavy (non-hydrogen) atoms. The van der Waals surface area contributed by atoms with Crippen molar-refractivity contribution >= 4 is 56.2 Å². The number of nitrogens with two attached hydrogens (primary N) is 2. The van der Waals surface area contributed by atoms with Gasteiger partial charge in [-0.15, -0.1) is 0 Å². The second-order valence-corrected chi connectivity index (χ2v) is 10.1. The fourth-order valence-electron chi connectivity index (χ4n) is 2.98. The predicted molar refractivity (Wildman–Crippen MR) is 129 cm³/mol. The summed E-state index contributed by atoms with van der Waals surface area (Å²) in [6.45, 7) is 2.33. The smallest absolute Gasteiger partial charge is 0.248 e.